The van der Waals surface area contributed by atoms with Crippen molar-refractivity contribution in [3.8, 4) is 0 Å². The Balaban J connectivity index is 1.67. The number of ether oxygens (including phenoxy) is 1. The number of amides is 3. The summed E-state index contributed by atoms with van der Waals surface area (Å²) in [5.74, 6) is 0. The van der Waals surface area contributed by atoms with E-state index in [4.69, 9.17) is 4.74 Å². The van der Waals surface area contributed by atoms with Crippen LogP contribution < -0.4 is 10.6 Å². The summed E-state index contributed by atoms with van der Waals surface area (Å²) < 4.78 is 4.97. The second kappa shape index (κ2) is 8.26. The molecule has 3 amide bonds. The van der Waals surface area contributed by atoms with Crippen molar-refractivity contribution in [2.75, 3.05) is 19.7 Å². The molecule has 0 aliphatic carbocycles. The van der Waals surface area contributed by atoms with Gasteiger partial charge in [0, 0.05) is 25.7 Å². The van der Waals surface area contributed by atoms with Crippen molar-refractivity contribution in [1.82, 2.24) is 15.5 Å². The van der Waals surface area contributed by atoms with Gasteiger partial charge in [-0.2, -0.15) is 0 Å². The van der Waals surface area contributed by atoms with E-state index >= 15 is 0 Å². The number of nitrogens with one attached hydrogen (secondary N) is 2. The van der Waals surface area contributed by atoms with Crippen molar-refractivity contribution < 1.29 is 14.3 Å². The Kier molecular flexibility index (Phi) is 6.06. The minimum Gasteiger partial charge on any atom is -0.450 e. The van der Waals surface area contributed by atoms with Crippen molar-refractivity contribution >= 4 is 12.1 Å². The minimum absolute atomic E-state index is 0.0986. The molecule has 1 aromatic carbocycles. The van der Waals surface area contributed by atoms with Gasteiger partial charge in [-0.25, -0.2) is 9.59 Å². The number of urea groups is 1. The number of carbonyl (C=O) groups is 2. The van der Waals surface area contributed by atoms with Crippen LogP contribution >= 0.6 is 0 Å². The van der Waals surface area contributed by atoms with Crippen LogP contribution in [0.1, 0.15) is 25.3 Å². The molecule has 1 saturated heterocycles. The number of nitrogens with zero attached hydrogens (tertiary/aromatic N) is 1. The van der Waals surface area contributed by atoms with Gasteiger partial charge in [-0.05, 0) is 25.3 Å². The Morgan fingerprint density at radius 2 is 1.91 bits per heavy atom. The molecule has 120 valence electrons. The summed E-state index contributed by atoms with van der Waals surface area (Å²) in [6.45, 7) is 3.92. The number of hydrogen-bond acceptors (Lipinski definition) is 3. The first-order chi connectivity index (χ1) is 10.7. The molecule has 0 atom stereocenters. The number of rotatable bonds is 4. The summed E-state index contributed by atoms with van der Waals surface area (Å²) in [7, 11) is 0. The average Bonchev–Trinajstić information content (AvgIpc) is 2.55. The Morgan fingerprint density at radius 1 is 1.23 bits per heavy atom. The maximum absolute atomic E-state index is 11.9. The molecule has 0 saturated carbocycles. The SMILES string of the molecule is CCOC(=O)N1CCC(NC(=O)NCc2ccccc2)CC1. The number of carbonyl (C=O) groups excluding carboxylic acids is 2. The van der Waals surface area contributed by atoms with E-state index in [0.29, 0.717) is 26.2 Å². The highest BCUT2D eigenvalue weighted by molar-refractivity contribution is 5.74. The number of hydrogen-bond donors (Lipinski definition) is 2. The van der Waals surface area contributed by atoms with Gasteiger partial charge in [-0.15, -0.1) is 0 Å². The van der Waals surface area contributed by atoms with Gasteiger partial charge in [0.1, 0.15) is 0 Å². The van der Waals surface area contributed by atoms with Crippen molar-refractivity contribution in [2.24, 2.45) is 0 Å². The van der Waals surface area contributed by atoms with Gasteiger partial charge in [-0.1, -0.05) is 30.3 Å². The third-order valence-electron chi connectivity index (χ3n) is 3.65. The van der Waals surface area contributed by atoms with Crippen LogP contribution in [-0.2, 0) is 11.3 Å². The molecule has 6 heteroatoms. The van der Waals surface area contributed by atoms with Crippen LogP contribution in [0.3, 0.4) is 0 Å². The van der Waals surface area contributed by atoms with Crippen molar-refractivity contribution in [3.63, 3.8) is 0 Å². The lowest BCUT2D eigenvalue weighted by atomic mass is 10.1. The fourth-order valence-corrected chi connectivity index (χ4v) is 2.44. The third kappa shape index (κ3) is 4.95. The molecule has 0 unspecified atom stereocenters. The van der Waals surface area contributed by atoms with Crippen molar-refractivity contribution in [3.05, 3.63) is 35.9 Å². The average molecular weight is 305 g/mol. The monoisotopic (exact) mass is 305 g/mol. The van der Waals surface area contributed by atoms with Gasteiger partial charge < -0.3 is 20.3 Å². The van der Waals surface area contributed by atoms with E-state index in [1.54, 1.807) is 11.8 Å². The Morgan fingerprint density at radius 3 is 2.55 bits per heavy atom. The highest BCUT2D eigenvalue weighted by Gasteiger charge is 2.24. The lowest BCUT2D eigenvalue weighted by Gasteiger charge is -2.31. The van der Waals surface area contributed by atoms with Gasteiger partial charge in [0.15, 0.2) is 0 Å². The summed E-state index contributed by atoms with van der Waals surface area (Å²) in [6, 6.07) is 9.71. The van der Waals surface area contributed by atoms with Gasteiger partial charge in [0.05, 0.1) is 6.61 Å². The van der Waals surface area contributed by atoms with Crippen molar-refractivity contribution in [1.29, 1.82) is 0 Å². The van der Waals surface area contributed by atoms with E-state index in [1.165, 1.54) is 0 Å². The maximum Gasteiger partial charge on any atom is 0.409 e. The molecule has 1 aliphatic rings. The maximum atomic E-state index is 11.9. The molecular formula is C16H23N3O3. The molecule has 6 nitrogen and oxygen atoms in total. The van der Waals surface area contributed by atoms with Crippen LogP contribution in [0.15, 0.2) is 30.3 Å². The van der Waals surface area contributed by atoms with Gasteiger partial charge in [0.2, 0.25) is 0 Å². The molecule has 1 aliphatic heterocycles. The van der Waals surface area contributed by atoms with Crippen LogP contribution in [0.25, 0.3) is 0 Å². The molecule has 1 fully saturated rings. The van der Waals surface area contributed by atoms with Crippen LogP contribution in [0.5, 0.6) is 0 Å². The quantitative estimate of drug-likeness (QED) is 0.895. The van der Waals surface area contributed by atoms with Gasteiger partial charge in [-0.3, -0.25) is 0 Å². The highest BCUT2D eigenvalue weighted by Crippen LogP contribution is 2.11. The summed E-state index contributed by atoms with van der Waals surface area (Å²) in [5, 5.41) is 5.80. The molecule has 1 aromatic rings. The molecule has 0 radical (unpaired) electrons. The van der Waals surface area contributed by atoms with Crippen molar-refractivity contribution in [2.45, 2.75) is 32.4 Å². The molecule has 0 aromatic heterocycles. The molecule has 0 bridgehead atoms. The Hall–Kier alpha value is -2.24. The van der Waals surface area contributed by atoms with E-state index < -0.39 is 0 Å². The predicted octanol–water partition coefficient (Wildman–Crippen LogP) is 2.11. The third-order valence-corrected chi connectivity index (χ3v) is 3.65. The van der Waals surface area contributed by atoms with Crippen LogP contribution in [0, 0.1) is 0 Å². The zero-order chi connectivity index (χ0) is 15.8. The Labute approximate surface area is 130 Å². The first kappa shape index (κ1) is 16.1. The van der Waals surface area contributed by atoms with Gasteiger partial charge in [0.25, 0.3) is 0 Å². The predicted molar refractivity (Wildman–Crippen MR) is 83.4 cm³/mol. The number of likely N-dealkylation sites (tertiary alicyclic amines) is 1. The van der Waals surface area contributed by atoms with E-state index in [0.717, 1.165) is 18.4 Å². The molecular weight excluding hydrogens is 282 g/mol. The summed E-state index contributed by atoms with van der Waals surface area (Å²) in [6.07, 6.45) is 1.23. The summed E-state index contributed by atoms with van der Waals surface area (Å²) in [4.78, 5) is 25.1. The van der Waals surface area contributed by atoms with Gasteiger partial charge >= 0.3 is 12.1 Å². The van der Waals surface area contributed by atoms with E-state index in [-0.39, 0.29) is 18.2 Å². The molecule has 22 heavy (non-hydrogen) atoms. The molecule has 2 rings (SSSR count). The fourth-order valence-electron chi connectivity index (χ4n) is 2.44. The zero-order valence-corrected chi connectivity index (χ0v) is 12.9. The first-order valence-electron chi connectivity index (χ1n) is 7.69. The zero-order valence-electron chi connectivity index (χ0n) is 12.9. The number of benzene rings is 1. The lowest BCUT2D eigenvalue weighted by molar-refractivity contribution is 0.0957. The van der Waals surface area contributed by atoms with Crippen LogP contribution in [0.2, 0.25) is 0 Å². The Bertz CT molecular complexity index is 485. The van der Waals surface area contributed by atoms with E-state index in [1.807, 2.05) is 30.3 Å². The fraction of sp³-hybridized carbons (Fsp3) is 0.500. The molecule has 0 spiro atoms. The van der Waals surface area contributed by atoms with E-state index in [9.17, 15) is 9.59 Å². The minimum atomic E-state index is -0.269. The standard InChI is InChI=1S/C16H23N3O3/c1-2-22-16(21)19-10-8-14(9-11-19)18-15(20)17-12-13-6-4-3-5-7-13/h3-7,14H,2,8-12H2,1H3,(H2,17,18,20). The smallest absolute Gasteiger partial charge is 0.409 e. The normalized spacial score (nSPS) is 15.2. The second-order valence-electron chi connectivity index (χ2n) is 5.27. The second-order valence-corrected chi connectivity index (χ2v) is 5.27. The molecule has 2 N–H and O–H groups in total. The summed E-state index contributed by atoms with van der Waals surface area (Å²) >= 11 is 0. The number of piperidine rings is 1. The lowest BCUT2D eigenvalue weighted by Crippen LogP contribution is -2.49. The van der Waals surface area contributed by atoms with E-state index in [2.05, 4.69) is 10.6 Å². The topological polar surface area (TPSA) is 70.7 Å². The molecule has 1 heterocycles. The first-order valence-corrected chi connectivity index (χ1v) is 7.69. The highest BCUT2D eigenvalue weighted by atomic mass is 16.6. The van der Waals surface area contributed by atoms with Crippen LogP contribution in [0.4, 0.5) is 9.59 Å². The largest absolute Gasteiger partial charge is 0.450 e. The summed E-state index contributed by atoms with van der Waals surface area (Å²) in [5.41, 5.74) is 1.06. The van der Waals surface area contributed by atoms with Crippen LogP contribution in [-0.4, -0.2) is 42.8 Å².